The first-order chi connectivity index (χ1) is 11.0. The molecule has 0 aliphatic carbocycles. The average Bonchev–Trinajstić information content (AvgIpc) is 2.51. The summed E-state index contributed by atoms with van der Waals surface area (Å²) < 4.78 is 10.2. The van der Waals surface area contributed by atoms with Crippen LogP contribution in [0.25, 0.3) is 6.08 Å². The Hall–Kier alpha value is -3.16. The second kappa shape index (κ2) is 6.73. The van der Waals surface area contributed by atoms with E-state index < -0.39 is 29.5 Å². The summed E-state index contributed by atoms with van der Waals surface area (Å²) in [6, 6.07) is 4.03. The molecule has 0 unspecified atom stereocenters. The number of rotatable bonds is 5. The number of hydrogen-bond acceptors (Lipinski definition) is 6. The van der Waals surface area contributed by atoms with Crippen LogP contribution in [-0.2, 0) is 14.4 Å². The molecular formula is C15H14N2O6. The van der Waals surface area contributed by atoms with Crippen LogP contribution in [0.5, 0.6) is 11.5 Å². The van der Waals surface area contributed by atoms with E-state index in [1.54, 1.807) is 18.2 Å². The number of urea groups is 1. The van der Waals surface area contributed by atoms with E-state index in [0.717, 1.165) is 6.08 Å². The quantitative estimate of drug-likeness (QED) is 0.595. The van der Waals surface area contributed by atoms with Gasteiger partial charge < -0.3 is 9.47 Å². The standard InChI is InChI=1S/C15H14N2O6/c1-22-10-6-4-8(7-11(10)23-2)3-5-9(18)12-13(19)16-15(21)17-14(12)20/h3-7,12H,1-2H3,(H2,16,17,19,20,21)/b5-3+. The van der Waals surface area contributed by atoms with E-state index in [-0.39, 0.29) is 0 Å². The van der Waals surface area contributed by atoms with E-state index in [0.29, 0.717) is 17.1 Å². The van der Waals surface area contributed by atoms with Gasteiger partial charge in [-0.05, 0) is 23.8 Å². The van der Waals surface area contributed by atoms with Gasteiger partial charge in [-0.3, -0.25) is 25.0 Å². The smallest absolute Gasteiger partial charge is 0.328 e. The zero-order valence-electron chi connectivity index (χ0n) is 12.4. The van der Waals surface area contributed by atoms with Gasteiger partial charge in [0, 0.05) is 0 Å². The Bertz CT molecular complexity index is 690. The third-order valence-electron chi connectivity index (χ3n) is 3.13. The lowest BCUT2D eigenvalue weighted by molar-refractivity contribution is -0.140. The molecule has 1 aromatic carbocycles. The summed E-state index contributed by atoms with van der Waals surface area (Å²) in [5, 5.41) is 3.74. The molecule has 0 radical (unpaired) electrons. The normalized spacial score (nSPS) is 15.3. The number of nitrogens with one attached hydrogen (secondary N) is 2. The molecule has 2 rings (SSSR count). The number of carbonyl (C=O) groups excluding carboxylic acids is 4. The maximum atomic E-state index is 12.0. The van der Waals surface area contributed by atoms with Crippen LogP contribution in [-0.4, -0.2) is 37.8 Å². The molecule has 2 N–H and O–H groups in total. The fourth-order valence-corrected chi connectivity index (χ4v) is 2.01. The Balaban J connectivity index is 2.16. The van der Waals surface area contributed by atoms with Crippen molar-refractivity contribution < 1.29 is 28.7 Å². The molecule has 0 saturated carbocycles. The molecule has 1 saturated heterocycles. The van der Waals surface area contributed by atoms with Gasteiger partial charge in [-0.2, -0.15) is 0 Å². The van der Waals surface area contributed by atoms with Crippen LogP contribution in [0.15, 0.2) is 24.3 Å². The fourth-order valence-electron chi connectivity index (χ4n) is 2.01. The topological polar surface area (TPSA) is 111 Å². The number of methoxy groups -OCH3 is 2. The van der Waals surface area contributed by atoms with Crippen molar-refractivity contribution in [2.24, 2.45) is 5.92 Å². The van der Waals surface area contributed by atoms with Crippen molar-refractivity contribution >= 4 is 29.7 Å². The molecule has 0 spiro atoms. The largest absolute Gasteiger partial charge is 0.493 e. The van der Waals surface area contributed by atoms with E-state index in [9.17, 15) is 19.2 Å². The van der Waals surface area contributed by atoms with Gasteiger partial charge in [0.15, 0.2) is 23.2 Å². The van der Waals surface area contributed by atoms with Crippen molar-refractivity contribution in [2.45, 2.75) is 0 Å². The third-order valence-corrected chi connectivity index (χ3v) is 3.13. The van der Waals surface area contributed by atoms with Gasteiger partial charge in [0.05, 0.1) is 14.2 Å². The Morgan fingerprint density at radius 3 is 2.22 bits per heavy atom. The number of barbiturate groups is 1. The minimum Gasteiger partial charge on any atom is -0.493 e. The Labute approximate surface area is 131 Å². The maximum Gasteiger partial charge on any atom is 0.328 e. The predicted octanol–water partition coefficient (Wildman–Crippen LogP) is 0.268. The van der Waals surface area contributed by atoms with Crippen molar-refractivity contribution in [1.82, 2.24) is 10.6 Å². The molecule has 0 bridgehead atoms. The lowest BCUT2D eigenvalue weighted by Gasteiger charge is -2.18. The van der Waals surface area contributed by atoms with E-state index in [1.165, 1.54) is 20.3 Å². The minimum absolute atomic E-state index is 0.473. The second-order valence-electron chi connectivity index (χ2n) is 4.59. The summed E-state index contributed by atoms with van der Waals surface area (Å²) in [6.07, 6.45) is 2.53. The fraction of sp³-hybridized carbons (Fsp3) is 0.200. The van der Waals surface area contributed by atoms with Gasteiger partial charge in [-0.25, -0.2) is 4.79 Å². The SMILES string of the molecule is COc1ccc(/C=C/C(=O)C2C(=O)NC(=O)NC2=O)cc1OC. The minimum atomic E-state index is -1.58. The summed E-state index contributed by atoms with van der Waals surface area (Å²) in [6.45, 7) is 0. The van der Waals surface area contributed by atoms with Gasteiger partial charge in [-0.1, -0.05) is 12.1 Å². The van der Waals surface area contributed by atoms with E-state index >= 15 is 0 Å². The molecule has 120 valence electrons. The van der Waals surface area contributed by atoms with Gasteiger partial charge >= 0.3 is 6.03 Å². The Morgan fingerprint density at radius 2 is 1.65 bits per heavy atom. The molecular weight excluding hydrogens is 304 g/mol. The number of ether oxygens (including phenoxy) is 2. The van der Waals surface area contributed by atoms with Crippen LogP contribution in [0, 0.1) is 5.92 Å². The van der Waals surface area contributed by atoms with Crippen molar-refractivity contribution in [3.8, 4) is 11.5 Å². The highest BCUT2D eigenvalue weighted by Crippen LogP contribution is 2.28. The van der Waals surface area contributed by atoms with Gasteiger partial charge in [-0.15, -0.1) is 0 Å². The van der Waals surface area contributed by atoms with Gasteiger partial charge in [0.25, 0.3) is 0 Å². The van der Waals surface area contributed by atoms with Crippen LogP contribution in [0.2, 0.25) is 0 Å². The molecule has 1 aliphatic rings. The van der Waals surface area contributed by atoms with Crippen molar-refractivity contribution in [2.75, 3.05) is 14.2 Å². The molecule has 0 atom stereocenters. The number of benzene rings is 1. The summed E-state index contributed by atoms with van der Waals surface area (Å²) in [5.74, 6) is -3.20. The number of carbonyl (C=O) groups is 4. The van der Waals surface area contributed by atoms with Crippen LogP contribution in [0.3, 0.4) is 0 Å². The number of imide groups is 2. The molecule has 1 fully saturated rings. The Morgan fingerprint density at radius 1 is 1.04 bits per heavy atom. The van der Waals surface area contributed by atoms with Crippen molar-refractivity contribution in [3.05, 3.63) is 29.8 Å². The van der Waals surface area contributed by atoms with Gasteiger partial charge in [0.1, 0.15) is 0 Å². The highest BCUT2D eigenvalue weighted by molar-refractivity contribution is 6.28. The summed E-state index contributed by atoms with van der Waals surface area (Å²) in [5.41, 5.74) is 0.615. The summed E-state index contributed by atoms with van der Waals surface area (Å²) in [7, 11) is 2.97. The average molecular weight is 318 g/mol. The zero-order valence-corrected chi connectivity index (χ0v) is 12.4. The molecule has 1 aliphatic heterocycles. The first-order valence-corrected chi connectivity index (χ1v) is 6.56. The highest BCUT2D eigenvalue weighted by Gasteiger charge is 2.38. The molecule has 8 heteroatoms. The monoisotopic (exact) mass is 318 g/mol. The van der Waals surface area contributed by atoms with Gasteiger partial charge in [0.2, 0.25) is 11.8 Å². The van der Waals surface area contributed by atoms with Crippen LogP contribution >= 0.6 is 0 Å². The lowest BCUT2D eigenvalue weighted by atomic mass is 9.99. The molecule has 1 heterocycles. The number of allylic oxidation sites excluding steroid dienone is 1. The molecule has 8 nitrogen and oxygen atoms in total. The lowest BCUT2D eigenvalue weighted by Crippen LogP contribution is -2.57. The number of amides is 4. The third kappa shape index (κ3) is 3.54. The van der Waals surface area contributed by atoms with Crippen LogP contribution < -0.4 is 20.1 Å². The van der Waals surface area contributed by atoms with Crippen LogP contribution in [0.4, 0.5) is 4.79 Å². The van der Waals surface area contributed by atoms with E-state index in [4.69, 9.17) is 9.47 Å². The molecule has 4 amide bonds. The number of hydrogen-bond donors (Lipinski definition) is 2. The first-order valence-electron chi connectivity index (χ1n) is 6.56. The second-order valence-corrected chi connectivity index (χ2v) is 4.59. The predicted molar refractivity (Wildman–Crippen MR) is 78.8 cm³/mol. The summed E-state index contributed by atoms with van der Waals surface area (Å²) in [4.78, 5) is 46.1. The number of ketones is 1. The van der Waals surface area contributed by atoms with Crippen molar-refractivity contribution in [1.29, 1.82) is 0 Å². The van der Waals surface area contributed by atoms with E-state index in [2.05, 4.69) is 0 Å². The molecule has 1 aromatic rings. The first kappa shape index (κ1) is 16.2. The Kier molecular flexibility index (Phi) is 4.75. The zero-order chi connectivity index (χ0) is 17.0. The maximum absolute atomic E-state index is 12.0. The van der Waals surface area contributed by atoms with Crippen molar-refractivity contribution in [3.63, 3.8) is 0 Å². The summed E-state index contributed by atoms with van der Waals surface area (Å²) >= 11 is 0. The van der Waals surface area contributed by atoms with E-state index in [1.807, 2.05) is 10.6 Å². The highest BCUT2D eigenvalue weighted by atomic mass is 16.5. The molecule has 23 heavy (non-hydrogen) atoms. The van der Waals surface area contributed by atoms with Crippen LogP contribution in [0.1, 0.15) is 5.56 Å². The molecule has 0 aromatic heterocycles.